The Morgan fingerprint density at radius 1 is 1.33 bits per heavy atom. The van der Waals surface area contributed by atoms with Gasteiger partial charge in [0, 0.05) is 10.2 Å². The summed E-state index contributed by atoms with van der Waals surface area (Å²) in [5.41, 5.74) is 0.829. The van der Waals surface area contributed by atoms with Gasteiger partial charge in [-0.3, -0.25) is 0 Å². The number of hydrazone groups is 1. The van der Waals surface area contributed by atoms with Crippen LogP contribution in [-0.4, -0.2) is 14.1 Å². The molecule has 18 heavy (non-hydrogen) atoms. The zero-order chi connectivity index (χ0) is 13.8. The van der Waals surface area contributed by atoms with Crippen LogP contribution in [0.3, 0.4) is 0 Å². The number of halogens is 1. The standard InChI is InChI=1S/C12H17BrN2O2S/c1-4-12(9(2)3)14-15-18(16,17)11-7-5-10(13)6-8-11/h5-9,15H,4H2,1-3H3/b14-12-. The van der Waals surface area contributed by atoms with E-state index in [1.807, 2.05) is 20.8 Å². The SMILES string of the molecule is CC/C(=N/NS(=O)(=O)c1ccc(Br)cc1)C(C)C. The molecule has 0 saturated heterocycles. The third kappa shape index (κ3) is 4.10. The molecule has 1 aromatic rings. The third-order valence-corrected chi connectivity index (χ3v) is 4.22. The number of nitrogens with one attached hydrogen (secondary N) is 1. The first kappa shape index (κ1) is 15.2. The molecule has 0 radical (unpaired) electrons. The van der Waals surface area contributed by atoms with E-state index in [-0.39, 0.29) is 10.8 Å². The van der Waals surface area contributed by atoms with Gasteiger partial charge in [-0.25, -0.2) is 4.83 Å². The zero-order valence-electron chi connectivity index (χ0n) is 10.6. The van der Waals surface area contributed by atoms with Crippen molar-refractivity contribution in [1.29, 1.82) is 0 Å². The van der Waals surface area contributed by atoms with Crippen LogP contribution in [0.2, 0.25) is 0 Å². The number of hydrogen-bond donors (Lipinski definition) is 1. The van der Waals surface area contributed by atoms with Gasteiger partial charge in [0.25, 0.3) is 10.0 Å². The van der Waals surface area contributed by atoms with Crippen molar-refractivity contribution in [3.8, 4) is 0 Å². The van der Waals surface area contributed by atoms with Gasteiger partial charge in [0.2, 0.25) is 0 Å². The van der Waals surface area contributed by atoms with E-state index in [1.54, 1.807) is 12.1 Å². The minimum Gasteiger partial charge on any atom is -0.200 e. The van der Waals surface area contributed by atoms with E-state index in [2.05, 4.69) is 25.9 Å². The first-order valence-electron chi connectivity index (χ1n) is 5.70. The van der Waals surface area contributed by atoms with Crippen molar-refractivity contribution in [2.75, 3.05) is 0 Å². The van der Waals surface area contributed by atoms with Gasteiger partial charge >= 0.3 is 0 Å². The Labute approximate surface area is 117 Å². The number of hydrogen-bond acceptors (Lipinski definition) is 3. The number of benzene rings is 1. The molecule has 4 nitrogen and oxygen atoms in total. The van der Waals surface area contributed by atoms with E-state index in [0.29, 0.717) is 0 Å². The Morgan fingerprint density at radius 2 is 1.89 bits per heavy atom. The van der Waals surface area contributed by atoms with Crippen molar-refractivity contribution in [2.45, 2.75) is 32.1 Å². The lowest BCUT2D eigenvalue weighted by molar-refractivity contribution is 0.584. The van der Waals surface area contributed by atoms with Crippen molar-refractivity contribution in [3.05, 3.63) is 28.7 Å². The Balaban J connectivity index is 2.92. The highest BCUT2D eigenvalue weighted by molar-refractivity contribution is 9.10. The number of nitrogens with zero attached hydrogens (tertiary/aromatic N) is 1. The van der Waals surface area contributed by atoms with Crippen LogP contribution >= 0.6 is 15.9 Å². The predicted octanol–water partition coefficient (Wildman–Crippen LogP) is 3.15. The molecule has 0 aromatic heterocycles. The largest absolute Gasteiger partial charge is 0.276 e. The van der Waals surface area contributed by atoms with Crippen molar-refractivity contribution in [1.82, 2.24) is 4.83 Å². The summed E-state index contributed by atoms with van der Waals surface area (Å²) in [6.07, 6.45) is 0.723. The van der Waals surface area contributed by atoms with Crippen LogP contribution in [0, 0.1) is 5.92 Å². The maximum atomic E-state index is 12.0. The molecule has 1 aromatic carbocycles. The summed E-state index contributed by atoms with van der Waals surface area (Å²) in [4.78, 5) is 2.47. The van der Waals surface area contributed by atoms with Crippen LogP contribution < -0.4 is 4.83 Å². The van der Waals surface area contributed by atoms with Gasteiger partial charge in [0.05, 0.1) is 4.90 Å². The average molecular weight is 333 g/mol. The highest BCUT2D eigenvalue weighted by Gasteiger charge is 2.13. The fourth-order valence-corrected chi connectivity index (χ4v) is 2.50. The topological polar surface area (TPSA) is 58.5 Å². The van der Waals surface area contributed by atoms with Gasteiger partial charge in [0.1, 0.15) is 0 Å². The van der Waals surface area contributed by atoms with Crippen molar-refractivity contribution in [2.24, 2.45) is 11.0 Å². The molecule has 0 aliphatic carbocycles. The van der Waals surface area contributed by atoms with Crippen LogP contribution in [0.1, 0.15) is 27.2 Å². The van der Waals surface area contributed by atoms with Gasteiger partial charge in [-0.1, -0.05) is 36.7 Å². The quantitative estimate of drug-likeness (QED) is 0.665. The normalized spacial score (nSPS) is 12.8. The maximum Gasteiger partial charge on any atom is 0.276 e. The maximum absolute atomic E-state index is 12.0. The average Bonchev–Trinajstić information content (AvgIpc) is 2.29. The highest BCUT2D eigenvalue weighted by atomic mass is 79.9. The zero-order valence-corrected chi connectivity index (χ0v) is 13.0. The molecule has 0 saturated carbocycles. The Kier molecular flexibility index (Phi) is 5.34. The molecule has 0 aliphatic heterocycles. The van der Waals surface area contributed by atoms with Crippen molar-refractivity contribution in [3.63, 3.8) is 0 Å². The lowest BCUT2D eigenvalue weighted by Gasteiger charge is -2.09. The Hall–Kier alpha value is -0.880. The third-order valence-electron chi connectivity index (χ3n) is 2.46. The van der Waals surface area contributed by atoms with Crippen molar-refractivity contribution < 1.29 is 8.42 Å². The Bertz CT molecular complexity index is 522. The van der Waals surface area contributed by atoms with Crippen LogP contribution in [0.25, 0.3) is 0 Å². The molecule has 0 bridgehead atoms. The lowest BCUT2D eigenvalue weighted by atomic mass is 10.1. The van der Waals surface area contributed by atoms with E-state index >= 15 is 0 Å². The minimum absolute atomic E-state index is 0.202. The summed E-state index contributed by atoms with van der Waals surface area (Å²) in [5, 5.41) is 3.98. The lowest BCUT2D eigenvalue weighted by Crippen LogP contribution is -2.21. The summed E-state index contributed by atoms with van der Waals surface area (Å²) < 4.78 is 24.7. The summed E-state index contributed by atoms with van der Waals surface area (Å²) in [6.45, 7) is 5.92. The molecule has 0 heterocycles. The molecular weight excluding hydrogens is 316 g/mol. The van der Waals surface area contributed by atoms with E-state index in [1.165, 1.54) is 12.1 Å². The molecule has 0 amide bonds. The molecule has 0 aliphatic rings. The summed E-state index contributed by atoms with van der Waals surface area (Å²) in [7, 11) is -3.57. The Morgan fingerprint density at radius 3 is 2.33 bits per heavy atom. The van der Waals surface area contributed by atoms with E-state index in [4.69, 9.17) is 0 Å². The van der Waals surface area contributed by atoms with Gasteiger partial charge < -0.3 is 0 Å². The van der Waals surface area contributed by atoms with Crippen LogP contribution in [0.4, 0.5) is 0 Å². The molecule has 1 rings (SSSR count). The monoisotopic (exact) mass is 332 g/mol. The molecular formula is C12H17BrN2O2S. The summed E-state index contributed by atoms with van der Waals surface area (Å²) in [6, 6.07) is 6.43. The van der Waals surface area contributed by atoms with Crippen LogP contribution in [0.5, 0.6) is 0 Å². The van der Waals surface area contributed by atoms with Gasteiger partial charge in [-0.2, -0.15) is 13.5 Å². The second-order valence-corrected chi connectivity index (χ2v) is 6.74. The van der Waals surface area contributed by atoms with Crippen LogP contribution in [-0.2, 0) is 10.0 Å². The fourth-order valence-electron chi connectivity index (χ4n) is 1.40. The molecule has 100 valence electrons. The molecule has 1 N–H and O–H groups in total. The van der Waals surface area contributed by atoms with E-state index in [0.717, 1.165) is 16.6 Å². The van der Waals surface area contributed by atoms with Gasteiger partial charge in [-0.05, 0) is 36.6 Å². The predicted molar refractivity (Wildman–Crippen MR) is 77.0 cm³/mol. The van der Waals surface area contributed by atoms with Gasteiger partial charge in [0.15, 0.2) is 0 Å². The molecule has 0 spiro atoms. The molecule has 6 heteroatoms. The highest BCUT2D eigenvalue weighted by Crippen LogP contribution is 2.14. The molecule has 0 atom stereocenters. The number of rotatable bonds is 5. The van der Waals surface area contributed by atoms with E-state index < -0.39 is 10.0 Å². The summed E-state index contributed by atoms with van der Waals surface area (Å²) >= 11 is 3.26. The van der Waals surface area contributed by atoms with E-state index in [9.17, 15) is 8.42 Å². The fraction of sp³-hybridized carbons (Fsp3) is 0.417. The first-order chi connectivity index (χ1) is 8.36. The minimum atomic E-state index is -3.57. The first-order valence-corrected chi connectivity index (χ1v) is 7.98. The molecule has 0 fully saturated rings. The molecule has 0 unspecified atom stereocenters. The number of sulfonamides is 1. The van der Waals surface area contributed by atoms with Gasteiger partial charge in [-0.15, -0.1) is 0 Å². The van der Waals surface area contributed by atoms with Crippen molar-refractivity contribution >= 4 is 31.7 Å². The second-order valence-electron chi connectivity index (χ2n) is 4.16. The smallest absolute Gasteiger partial charge is 0.200 e. The van der Waals surface area contributed by atoms with Crippen LogP contribution in [0.15, 0.2) is 38.7 Å². The second kappa shape index (κ2) is 6.33. The summed E-state index contributed by atoms with van der Waals surface area (Å²) in [5.74, 6) is 0.225.